The Bertz CT molecular complexity index is 412. The standard InChI is InChI=1S/C10H7F3O/c11-6-3-1-5-2-4-7(14)10(13)8(5)9(6)12/h1,3-4,10,14H,2H2. The Balaban J connectivity index is 2.62. The molecule has 0 saturated carbocycles. The largest absolute Gasteiger partial charge is 0.509 e. The van der Waals surface area contributed by atoms with E-state index in [2.05, 4.69) is 0 Å². The first-order valence-electron chi connectivity index (χ1n) is 4.11. The van der Waals surface area contributed by atoms with Crippen LogP contribution < -0.4 is 0 Å². The van der Waals surface area contributed by atoms with Gasteiger partial charge in [-0.2, -0.15) is 0 Å². The molecule has 0 heterocycles. The van der Waals surface area contributed by atoms with Crippen LogP contribution in [0, 0.1) is 11.6 Å². The van der Waals surface area contributed by atoms with Crippen LogP contribution in [0.25, 0.3) is 0 Å². The first kappa shape index (κ1) is 9.12. The minimum Gasteiger partial charge on any atom is -0.509 e. The SMILES string of the molecule is OC1=CCc2ccc(F)c(F)c2C1F. The molecule has 0 aliphatic heterocycles. The van der Waals surface area contributed by atoms with Crippen molar-refractivity contribution in [1.29, 1.82) is 0 Å². The number of fused-ring (bicyclic) bond motifs is 1. The molecule has 0 fully saturated rings. The molecule has 74 valence electrons. The molecule has 1 aliphatic rings. The summed E-state index contributed by atoms with van der Waals surface area (Å²) in [6.45, 7) is 0. The first-order valence-corrected chi connectivity index (χ1v) is 4.11. The minimum absolute atomic E-state index is 0.221. The maximum atomic E-state index is 13.3. The minimum atomic E-state index is -1.95. The molecule has 0 saturated heterocycles. The number of hydrogen-bond donors (Lipinski definition) is 1. The molecule has 1 aromatic rings. The molecule has 1 aliphatic carbocycles. The van der Waals surface area contributed by atoms with E-state index >= 15 is 0 Å². The van der Waals surface area contributed by atoms with E-state index in [4.69, 9.17) is 5.11 Å². The van der Waals surface area contributed by atoms with Crippen LogP contribution >= 0.6 is 0 Å². The number of alkyl halides is 1. The van der Waals surface area contributed by atoms with E-state index in [0.29, 0.717) is 5.56 Å². The van der Waals surface area contributed by atoms with E-state index in [1.54, 1.807) is 0 Å². The summed E-state index contributed by atoms with van der Waals surface area (Å²) in [7, 11) is 0. The number of aliphatic hydroxyl groups is 1. The average molecular weight is 200 g/mol. The lowest BCUT2D eigenvalue weighted by molar-refractivity contribution is 0.250. The third-order valence-electron chi connectivity index (χ3n) is 2.27. The predicted octanol–water partition coefficient (Wildman–Crippen LogP) is 2.97. The van der Waals surface area contributed by atoms with Crippen molar-refractivity contribution in [1.82, 2.24) is 0 Å². The van der Waals surface area contributed by atoms with Gasteiger partial charge < -0.3 is 5.11 Å². The van der Waals surface area contributed by atoms with Crippen molar-refractivity contribution < 1.29 is 18.3 Å². The number of halogens is 3. The molecule has 0 bridgehead atoms. The number of hydrogen-bond acceptors (Lipinski definition) is 1. The third-order valence-corrected chi connectivity index (χ3v) is 2.27. The molecular formula is C10H7F3O. The van der Waals surface area contributed by atoms with Crippen LogP contribution in [0.3, 0.4) is 0 Å². The van der Waals surface area contributed by atoms with Crippen molar-refractivity contribution in [2.24, 2.45) is 0 Å². The van der Waals surface area contributed by atoms with Crippen molar-refractivity contribution in [3.8, 4) is 0 Å². The number of rotatable bonds is 0. The maximum Gasteiger partial charge on any atom is 0.185 e. The Morgan fingerprint density at radius 3 is 2.71 bits per heavy atom. The Hall–Kier alpha value is -1.45. The highest BCUT2D eigenvalue weighted by Gasteiger charge is 2.27. The summed E-state index contributed by atoms with van der Waals surface area (Å²) in [5.41, 5.74) is -0.0146. The number of benzene rings is 1. The molecular weight excluding hydrogens is 193 g/mol. The molecule has 0 amide bonds. The van der Waals surface area contributed by atoms with Crippen LogP contribution in [0.1, 0.15) is 17.3 Å². The van der Waals surface area contributed by atoms with Crippen LogP contribution in [0.15, 0.2) is 24.0 Å². The molecule has 2 rings (SSSR count). The zero-order valence-electron chi connectivity index (χ0n) is 7.10. The van der Waals surface area contributed by atoms with E-state index in [9.17, 15) is 13.2 Å². The topological polar surface area (TPSA) is 20.2 Å². The van der Waals surface area contributed by atoms with Gasteiger partial charge in [0.2, 0.25) is 0 Å². The molecule has 0 spiro atoms. The quantitative estimate of drug-likeness (QED) is 0.682. The maximum absolute atomic E-state index is 13.3. The smallest absolute Gasteiger partial charge is 0.185 e. The summed E-state index contributed by atoms with van der Waals surface area (Å²) < 4.78 is 39.2. The van der Waals surface area contributed by atoms with Crippen LogP contribution in [0.4, 0.5) is 13.2 Å². The molecule has 1 N–H and O–H groups in total. The average Bonchev–Trinajstić information content (AvgIpc) is 2.17. The Morgan fingerprint density at radius 1 is 1.29 bits per heavy atom. The Kier molecular flexibility index (Phi) is 1.98. The van der Waals surface area contributed by atoms with Crippen molar-refractivity contribution in [2.45, 2.75) is 12.6 Å². The van der Waals surface area contributed by atoms with Gasteiger partial charge in [-0.05, 0) is 24.1 Å². The summed E-state index contributed by atoms with van der Waals surface area (Å²) in [4.78, 5) is 0. The van der Waals surface area contributed by atoms with E-state index < -0.39 is 23.6 Å². The zero-order chi connectivity index (χ0) is 10.3. The summed E-state index contributed by atoms with van der Waals surface area (Å²) in [5, 5.41) is 9.04. The van der Waals surface area contributed by atoms with E-state index in [1.165, 1.54) is 12.1 Å². The summed E-state index contributed by atoms with van der Waals surface area (Å²) >= 11 is 0. The lowest BCUT2D eigenvalue weighted by Gasteiger charge is -2.18. The van der Waals surface area contributed by atoms with Gasteiger partial charge >= 0.3 is 0 Å². The highest BCUT2D eigenvalue weighted by Crippen LogP contribution is 2.34. The summed E-state index contributed by atoms with van der Waals surface area (Å²) in [6.07, 6.45) is -0.474. The predicted molar refractivity (Wildman–Crippen MR) is 44.6 cm³/mol. The molecule has 14 heavy (non-hydrogen) atoms. The number of aliphatic hydroxyl groups excluding tert-OH is 1. The second-order valence-corrected chi connectivity index (χ2v) is 3.13. The summed E-state index contributed by atoms with van der Waals surface area (Å²) in [5.74, 6) is -2.86. The van der Waals surface area contributed by atoms with Gasteiger partial charge in [-0.1, -0.05) is 6.07 Å². The Morgan fingerprint density at radius 2 is 2.00 bits per heavy atom. The first-order chi connectivity index (χ1) is 6.61. The molecule has 1 atom stereocenters. The van der Waals surface area contributed by atoms with Crippen LogP contribution in [0.2, 0.25) is 0 Å². The van der Waals surface area contributed by atoms with Gasteiger partial charge in [0.25, 0.3) is 0 Å². The third kappa shape index (κ3) is 1.18. The van der Waals surface area contributed by atoms with Crippen molar-refractivity contribution in [2.75, 3.05) is 0 Å². The van der Waals surface area contributed by atoms with Crippen LogP contribution in [-0.4, -0.2) is 5.11 Å². The monoisotopic (exact) mass is 200 g/mol. The zero-order valence-corrected chi connectivity index (χ0v) is 7.10. The van der Waals surface area contributed by atoms with Crippen molar-refractivity contribution >= 4 is 0 Å². The molecule has 0 radical (unpaired) electrons. The van der Waals surface area contributed by atoms with Crippen LogP contribution in [0.5, 0.6) is 0 Å². The second-order valence-electron chi connectivity index (χ2n) is 3.13. The van der Waals surface area contributed by atoms with Gasteiger partial charge in [0.05, 0.1) is 0 Å². The Labute approximate surface area is 78.5 Å². The fourth-order valence-corrected chi connectivity index (χ4v) is 1.52. The molecule has 1 aromatic carbocycles. The van der Waals surface area contributed by atoms with Crippen LogP contribution in [-0.2, 0) is 6.42 Å². The molecule has 4 heteroatoms. The van der Waals surface area contributed by atoms with Gasteiger partial charge in [-0.25, -0.2) is 13.2 Å². The van der Waals surface area contributed by atoms with Gasteiger partial charge in [0, 0.05) is 5.56 Å². The lowest BCUT2D eigenvalue weighted by Crippen LogP contribution is -2.10. The highest BCUT2D eigenvalue weighted by molar-refractivity contribution is 5.39. The number of allylic oxidation sites excluding steroid dienone is 2. The van der Waals surface area contributed by atoms with Gasteiger partial charge in [0.15, 0.2) is 17.8 Å². The lowest BCUT2D eigenvalue weighted by atomic mass is 9.93. The highest BCUT2D eigenvalue weighted by atomic mass is 19.2. The van der Waals surface area contributed by atoms with E-state index in [1.807, 2.05) is 0 Å². The second kappa shape index (κ2) is 3.04. The molecule has 0 aromatic heterocycles. The van der Waals surface area contributed by atoms with Gasteiger partial charge in [-0.15, -0.1) is 0 Å². The fraction of sp³-hybridized carbons (Fsp3) is 0.200. The normalized spacial score (nSPS) is 20.2. The van der Waals surface area contributed by atoms with Crippen molar-refractivity contribution in [3.05, 3.63) is 46.7 Å². The summed E-state index contributed by atoms with van der Waals surface area (Å²) in [6, 6.07) is 2.28. The molecule has 1 nitrogen and oxygen atoms in total. The van der Waals surface area contributed by atoms with E-state index in [0.717, 1.165) is 6.07 Å². The van der Waals surface area contributed by atoms with Gasteiger partial charge in [-0.3, -0.25) is 0 Å². The molecule has 1 unspecified atom stereocenters. The fourth-order valence-electron chi connectivity index (χ4n) is 1.52. The van der Waals surface area contributed by atoms with Gasteiger partial charge in [0.1, 0.15) is 5.76 Å². The van der Waals surface area contributed by atoms with Crippen molar-refractivity contribution in [3.63, 3.8) is 0 Å². The van der Waals surface area contributed by atoms with E-state index in [-0.39, 0.29) is 12.0 Å².